The number of likely N-dealkylation sites (tertiary alicyclic amines) is 1. The molecule has 0 unspecified atom stereocenters. The minimum absolute atomic E-state index is 0.0985. The van der Waals surface area contributed by atoms with Crippen LogP contribution in [-0.4, -0.2) is 36.0 Å². The highest BCUT2D eigenvalue weighted by Crippen LogP contribution is 2.17. The molecule has 4 nitrogen and oxygen atoms in total. The van der Waals surface area contributed by atoms with Crippen molar-refractivity contribution in [3.8, 4) is 12.3 Å². The van der Waals surface area contributed by atoms with Crippen LogP contribution in [0.1, 0.15) is 44.7 Å². The van der Waals surface area contributed by atoms with Crippen LogP contribution < -0.4 is 5.32 Å². The summed E-state index contributed by atoms with van der Waals surface area (Å²) in [6, 6.07) is 8.21. The Morgan fingerprint density at radius 2 is 2.00 bits per heavy atom. The van der Waals surface area contributed by atoms with Crippen molar-refractivity contribution in [1.82, 2.24) is 10.2 Å². The van der Waals surface area contributed by atoms with Gasteiger partial charge in [0, 0.05) is 12.5 Å². The Balaban J connectivity index is 1.79. The molecule has 1 amide bonds. The van der Waals surface area contributed by atoms with Gasteiger partial charge in [-0.2, -0.15) is 0 Å². The first-order chi connectivity index (χ1) is 11.9. The summed E-state index contributed by atoms with van der Waals surface area (Å²) in [6.07, 6.45) is 7.11. The van der Waals surface area contributed by atoms with Crippen LogP contribution >= 0.6 is 0 Å². The first-order valence-corrected chi connectivity index (χ1v) is 9.03. The van der Waals surface area contributed by atoms with Crippen LogP contribution in [0.3, 0.4) is 0 Å². The van der Waals surface area contributed by atoms with Crippen LogP contribution in [0, 0.1) is 18.3 Å². The van der Waals surface area contributed by atoms with Crippen LogP contribution in [0.5, 0.6) is 0 Å². The third-order valence-corrected chi connectivity index (χ3v) is 4.40. The molecule has 0 aromatic heterocycles. The van der Waals surface area contributed by atoms with Crippen molar-refractivity contribution < 1.29 is 9.53 Å². The van der Waals surface area contributed by atoms with Gasteiger partial charge >= 0.3 is 0 Å². The van der Waals surface area contributed by atoms with Gasteiger partial charge in [0.05, 0.1) is 18.8 Å². The van der Waals surface area contributed by atoms with E-state index in [0.29, 0.717) is 19.7 Å². The summed E-state index contributed by atoms with van der Waals surface area (Å²) in [5.41, 5.74) is 2.08. The summed E-state index contributed by atoms with van der Waals surface area (Å²) < 4.78 is 5.82. The number of nitrogens with zero attached hydrogens (tertiary/aromatic N) is 1. The van der Waals surface area contributed by atoms with Gasteiger partial charge in [0.15, 0.2) is 0 Å². The zero-order valence-corrected chi connectivity index (χ0v) is 15.7. The van der Waals surface area contributed by atoms with Crippen LogP contribution in [0.2, 0.25) is 0 Å². The first kappa shape index (κ1) is 19.5. The van der Waals surface area contributed by atoms with Crippen LogP contribution in [0.15, 0.2) is 24.3 Å². The molecule has 1 aliphatic heterocycles. The lowest BCUT2D eigenvalue weighted by atomic mass is 9.96. The second-order valence-corrected chi connectivity index (χ2v) is 7.69. The van der Waals surface area contributed by atoms with E-state index in [0.717, 1.165) is 37.1 Å². The summed E-state index contributed by atoms with van der Waals surface area (Å²) in [5.74, 6) is 2.92. The molecule has 0 spiro atoms. The molecular weight excluding hydrogens is 312 g/mol. The zero-order valence-electron chi connectivity index (χ0n) is 15.7. The number of piperidine rings is 1. The molecule has 25 heavy (non-hydrogen) atoms. The van der Waals surface area contributed by atoms with E-state index in [9.17, 15) is 4.79 Å². The number of hydrogen-bond acceptors (Lipinski definition) is 3. The third-order valence-electron chi connectivity index (χ3n) is 4.40. The Bertz CT molecular complexity index is 605. The topological polar surface area (TPSA) is 41.6 Å². The Labute approximate surface area is 151 Å². The van der Waals surface area contributed by atoms with Crippen molar-refractivity contribution in [2.75, 3.05) is 19.6 Å². The lowest BCUT2D eigenvalue weighted by molar-refractivity contribution is -0.126. The molecule has 0 radical (unpaired) electrons. The number of benzene rings is 1. The molecule has 0 atom stereocenters. The monoisotopic (exact) mass is 342 g/mol. The maximum atomic E-state index is 12.4. The van der Waals surface area contributed by atoms with E-state index < -0.39 is 0 Å². The largest absolute Gasteiger partial charge is 0.371 e. The van der Waals surface area contributed by atoms with E-state index in [2.05, 4.69) is 28.3 Å². The minimum Gasteiger partial charge on any atom is -0.371 e. The highest BCUT2D eigenvalue weighted by Gasteiger charge is 2.24. The normalized spacial score (nSPS) is 16.4. The summed E-state index contributed by atoms with van der Waals surface area (Å²) >= 11 is 0. The highest BCUT2D eigenvalue weighted by molar-refractivity contribution is 5.78. The average molecular weight is 342 g/mol. The Morgan fingerprint density at radius 1 is 1.32 bits per heavy atom. The molecule has 1 N–H and O–H groups in total. The number of rotatable bonds is 6. The standard InChI is InChI=1S/C21H30N2O2/c1-5-11-23-12-9-19(10-13-23)20(24)22-15-17-7-6-8-18(14-17)16-25-21(2,3)4/h1,6-8,14,19H,9-13,15-16H2,2-4H3,(H,22,24). The molecule has 0 saturated carbocycles. The van der Waals surface area contributed by atoms with Gasteiger partial charge in [-0.3, -0.25) is 9.69 Å². The number of hydrogen-bond donors (Lipinski definition) is 1. The number of carbonyl (C=O) groups is 1. The van der Waals surface area contributed by atoms with Crippen molar-refractivity contribution in [3.05, 3.63) is 35.4 Å². The van der Waals surface area contributed by atoms with E-state index in [-0.39, 0.29) is 17.4 Å². The van der Waals surface area contributed by atoms with Crippen molar-refractivity contribution in [1.29, 1.82) is 0 Å². The fourth-order valence-electron chi connectivity index (χ4n) is 2.95. The molecule has 1 saturated heterocycles. The van der Waals surface area contributed by atoms with Crippen molar-refractivity contribution in [3.63, 3.8) is 0 Å². The zero-order chi connectivity index (χ0) is 18.3. The van der Waals surface area contributed by atoms with E-state index in [1.165, 1.54) is 0 Å². The summed E-state index contributed by atoms with van der Waals surface area (Å²) in [4.78, 5) is 14.6. The predicted octanol–water partition coefficient (Wildman–Crippen LogP) is 2.96. The molecule has 1 heterocycles. The molecule has 1 aliphatic rings. The SMILES string of the molecule is C#CCN1CCC(C(=O)NCc2cccc(COC(C)(C)C)c2)CC1. The van der Waals surface area contributed by atoms with Crippen LogP contribution in [0.4, 0.5) is 0 Å². The summed E-state index contributed by atoms with van der Waals surface area (Å²) in [7, 11) is 0. The Hall–Kier alpha value is -1.83. The predicted molar refractivity (Wildman–Crippen MR) is 101 cm³/mol. The van der Waals surface area contributed by atoms with Gasteiger partial charge < -0.3 is 10.1 Å². The van der Waals surface area contributed by atoms with Gasteiger partial charge in [0.1, 0.15) is 0 Å². The quantitative estimate of drug-likeness (QED) is 0.808. The third kappa shape index (κ3) is 6.89. The number of ether oxygens (including phenoxy) is 1. The van der Waals surface area contributed by atoms with Crippen molar-refractivity contribution in [2.45, 2.75) is 52.4 Å². The molecule has 1 aromatic carbocycles. The number of terminal acetylenes is 1. The number of amides is 1. The fraction of sp³-hybridized carbons (Fsp3) is 0.571. The van der Waals surface area contributed by atoms with E-state index in [1.54, 1.807) is 0 Å². The molecule has 0 aliphatic carbocycles. The molecule has 4 heteroatoms. The average Bonchev–Trinajstić information content (AvgIpc) is 2.59. The number of nitrogens with one attached hydrogen (secondary N) is 1. The van der Waals surface area contributed by atoms with Gasteiger partial charge in [-0.25, -0.2) is 0 Å². The Kier molecular flexibility index (Phi) is 7.04. The molecule has 2 rings (SSSR count). The van der Waals surface area contributed by atoms with Gasteiger partial charge in [0.2, 0.25) is 5.91 Å². The second kappa shape index (κ2) is 9.03. The van der Waals surface area contributed by atoms with Gasteiger partial charge in [0.25, 0.3) is 0 Å². The molecule has 0 bridgehead atoms. The van der Waals surface area contributed by atoms with Crippen molar-refractivity contribution in [2.24, 2.45) is 5.92 Å². The lowest BCUT2D eigenvalue weighted by Crippen LogP contribution is -2.40. The van der Waals surface area contributed by atoms with Gasteiger partial charge in [-0.05, 0) is 57.8 Å². The molecule has 1 fully saturated rings. The first-order valence-electron chi connectivity index (χ1n) is 9.03. The summed E-state index contributed by atoms with van der Waals surface area (Å²) in [6.45, 7) is 9.77. The fourth-order valence-corrected chi connectivity index (χ4v) is 2.95. The molecule has 136 valence electrons. The van der Waals surface area contributed by atoms with E-state index in [4.69, 9.17) is 11.2 Å². The molecule has 1 aromatic rings. The number of carbonyl (C=O) groups excluding carboxylic acids is 1. The summed E-state index contributed by atoms with van der Waals surface area (Å²) in [5, 5.41) is 3.08. The molecular formula is C21H30N2O2. The minimum atomic E-state index is -0.154. The highest BCUT2D eigenvalue weighted by atomic mass is 16.5. The van der Waals surface area contributed by atoms with Crippen LogP contribution in [0.25, 0.3) is 0 Å². The Morgan fingerprint density at radius 3 is 2.64 bits per heavy atom. The smallest absolute Gasteiger partial charge is 0.223 e. The second-order valence-electron chi connectivity index (χ2n) is 7.69. The van der Waals surface area contributed by atoms with Gasteiger partial charge in [-0.1, -0.05) is 30.2 Å². The maximum Gasteiger partial charge on any atom is 0.223 e. The van der Waals surface area contributed by atoms with E-state index in [1.807, 2.05) is 32.9 Å². The lowest BCUT2D eigenvalue weighted by Gasteiger charge is -2.29. The van der Waals surface area contributed by atoms with E-state index >= 15 is 0 Å². The maximum absolute atomic E-state index is 12.4. The van der Waals surface area contributed by atoms with Crippen molar-refractivity contribution >= 4 is 5.91 Å². The van der Waals surface area contributed by atoms with Gasteiger partial charge in [-0.15, -0.1) is 6.42 Å². The van der Waals surface area contributed by atoms with Crippen LogP contribution in [-0.2, 0) is 22.7 Å².